The first-order valence-corrected chi connectivity index (χ1v) is 33.0. The number of aliphatic imine (C=N–C) groups is 2. The molecule has 0 aromatic heterocycles. The van der Waals surface area contributed by atoms with Crippen molar-refractivity contribution < 1.29 is 128 Å². The minimum atomic E-state index is -5.84. The van der Waals surface area contributed by atoms with Crippen LogP contribution in [-0.2, 0) is 107 Å². The Kier molecular flexibility index (Phi) is 31.8. The number of phenols is 4. The van der Waals surface area contributed by atoms with E-state index < -0.39 is 61.2 Å². The molecule has 2 saturated carbocycles. The summed E-state index contributed by atoms with van der Waals surface area (Å²) in [6.07, 6.45) is 9.30. The van der Waals surface area contributed by atoms with Crippen LogP contribution in [0.25, 0.3) is 10.6 Å². The number of rotatable bonds is 0. The quantitative estimate of drug-likeness (QED) is 0.0359. The van der Waals surface area contributed by atoms with E-state index in [4.69, 9.17) is 62.0 Å². The van der Waals surface area contributed by atoms with Crippen molar-refractivity contribution in [2.24, 2.45) is 9.98 Å². The number of halogens is 3. The number of nitrogens with zero attached hydrogens (tertiary/aromatic N) is 4. The molecule has 1 aliphatic heterocycles. The fraction of sp³-hybridized carbons (Fsp3) is 0.557. The van der Waals surface area contributed by atoms with Crippen LogP contribution in [0.5, 0.6) is 46.0 Å². The number of esters is 4. The van der Waals surface area contributed by atoms with Gasteiger partial charge in [-0.15, -0.1) is 25.2 Å². The third kappa shape index (κ3) is 25.5. The van der Waals surface area contributed by atoms with E-state index in [0.29, 0.717) is 44.5 Å². The second-order valence-electron chi connectivity index (χ2n) is 27.9. The Balaban J connectivity index is 0.00000209. The molecule has 21 nitrogen and oxygen atoms in total. The van der Waals surface area contributed by atoms with E-state index in [2.05, 4.69) is 0 Å². The molecule has 0 unspecified atom stereocenters. The van der Waals surface area contributed by atoms with Gasteiger partial charge in [0.1, 0.15) is 46.0 Å². The SMILES string of the molecule is CC(C)(C)c1cc2cc(c1O)C=N[C@H]1CCCC[C@@H]1[N-]Cc1cc(cc(C(C)(C)C)c1O)OC(=O)CCOCCC(=O)Oc1cc(c(O)c(C(C)(C)C)c1)C[N-][C@@H]1CCCC[C@H]1N=Cc1cc(cc(C(C)(C)C)c1O)OC(=O)CCOCCC(=O)O2.O=S(=O)(O)C(F)(F)F.[CH3-].[Co+2].[Co]. The third-order valence-corrected chi connectivity index (χ3v) is 16.6. The molecule has 542 valence electrons. The van der Waals surface area contributed by atoms with Gasteiger partial charge in [0, 0.05) is 74.7 Å². The summed E-state index contributed by atoms with van der Waals surface area (Å²) >= 11 is 0. The average Bonchev–Trinajstić information content (AvgIpc) is 0.818. The van der Waals surface area contributed by atoms with Crippen LogP contribution in [0.2, 0.25) is 0 Å². The Hall–Kier alpha value is -6.15. The van der Waals surface area contributed by atoms with Crippen molar-refractivity contribution in [3.8, 4) is 46.0 Å². The van der Waals surface area contributed by atoms with Crippen LogP contribution in [0.15, 0.2) is 58.5 Å². The van der Waals surface area contributed by atoms with Gasteiger partial charge in [-0.1, -0.05) is 122 Å². The molecule has 4 aromatic rings. The maximum absolute atomic E-state index is 13.3. The second kappa shape index (κ2) is 36.3. The Labute approximate surface area is 589 Å². The largest absolute Gasteiger partial charge is 2.00 e. The van der Waals surface area contributed by atoms with Crippen molar-refractivity contribution in [3.05, 3.63) is 111 Å². The maximum atomic E-state index is 13.3. The number of carbonyl (C=O) groups excluding carboxylic acids is 4. The van der Waals surface area contributed by atoms with Gasteiger partial charge < -0.3 is 66.9 Å². The fourth-order valence-electron chi connectivity index (χ4n) is 10.8. The number of hydrogen-bond donors (Lipinski definition) is 5. The summed E-state index contributed by atoms with van der Waals surface area (Å²) in [5.74, 6) is -1.24. The predicted molar refractivity (Wildman–Crippen MR) is 355 cm³/mol. The van der Waals surface area contributed by atoms with Crippen molar-refractivity contribution in [2.75, 3.05) is 26.4 Å². The summed E-state index contributed by atoms with van der Waals surface area (Å²) in [5, 5.41) is 56.5. The van der Waals surface area contributed by atoms with Crippen LogP contribution in [0, 0.1) is 7.43 Å². The zero-order valence-corrected chi connectivity index (χ0v) is 60.3. The van der Waals surface area contributed by atoms with Gasteiger partial charge in [-0.05, 0) is 94.2 Å². The molecular weight excluding hydrogens is 1380 g/mol. The molecule has 0 amide bonds. The first-order valence-electron chi connectivity index (χ1n) is 31.6. The fourth-order valence-corrected chi connectivity index (χ4v) is 10.8. The molecule has 1 heterocycles. The minimum Gasteiger partial charge on any atom is -0.654 e. The van der Waals surface area contributed by atoms with E-state index in [0.717, 1.165) is 51.4 Å². The van der Waals surface area contributed by atoms with Gasteiger partial charge in [0.25, 0.3) is 0 Å². The number of phenolic OH excluding ortho intramolecular Hbond substituents is 4. The van der Waals surface area contributed by atoms with E-state index in [1.54, 1.807) is 61.0 Å². The van der Waals surface area contributed by atoms with E-state index in [-0.39, 0.29) is 176 Å². The molecule has 3 aliphatic rings. The van der Waals surface area contributed by atoms with Gasteiger partial charge in [0.05, 0.1) is 52.1 Å². The van der Waals surface area contributed by atoms with E-state index >= 15 is 0 Å². The standard InChI is InChI=1S/C68H90N4O14.CHF3O3S.CH3.2Co/c1-65(2,3)49-33-45-29-41(61(49)77)37-69-53-17-13-14-18-54(53)70-38-42-30-46(34-50(62(42)78)66(4,5)6)85-59(75)23-27-82-28-24-60(76)86-48-32-44(64(80)52(36-48)68(10,11)12)40-72-56-20-16-15-19-55(56)71-39-43-31-47(35-51(63(43)79)67(7,8)9)84-58(74)22-26-81-25-21-57(73)83-45;2-1(3,4)8(5,6)7;;;/h29-37,39,53-56,77-80H,13-28,38,40H2,1-12H3;(H,5,6,7);1H3;;/q-2;;-1;;+2/t53-,54-,55+,56+;;;;. The van der Waals surface area contributed by atoms with Gasteiger partial charge in [-0.2, -0.15) is 21.6 Å². The normalized spacial score (nSPS) is 20.0. The van der Waals surface area contributed by atoms with Gasteiger partial charge in [-0.25, -0.2) is 0 Å². The summed E-state index contributed by atoms with van der Waals surface area (Å²) in [4.78, 5) is 63.1. The van der Waals surface area contributed by atoms with Gasteiger partial charge in [-0.3, -0.25) is 33.7 Å². The van der Waals surface area contributed by atoms with E-state index in [1.165, 1.54) is 0 Å². The summed E-state index contributed by atoms with van der Waals surface area (Å²) in [6.45, 7) is 23.4. The molecule has 0 saturated heterocycles. The van der Waals surface area contributed by atoms with Crippen LogP contribution in [-0.4, -0.2) is 126 Å². The Morgan fingerprint density at radius 2 is 0.711 bits per heavy atom. The Bertz CT molecular complexity index is 3320. The molecule has 97 heavy (non-hydrogen) atoms. The van der Waals surface area contributed by atoms with Crippen LogP contribution in [0.1, 0.15) is 205 Å². The molecule has 4 atom stereocenters. The maximum Gasteiger partial charge on any atom is 2.00 e. The zero-order valence-electron chi connectivity index (χ0n) is 57.4. The molecular formula is C70H94Co2F3N4O17S-. The van der Waals surface area contributed by atoms with Gasteiger partial charge >= 0.3 is 56.3 Å². The van der Waals surface area contributed by atoms with Crippen molar-refractivity contribution in [1.29, 1.82) is 0 Å². The second-order valence-corrected chi connectivity index (χ2v) is 29.3. The average molecular weight is 1470 g/mol. The predicted octanol–water partition coefficient (Wildman–Crippen LogP) is 14.1. The number of carbonyl (C=O) groups is 4. The van der Waals surface area contributed by atoms with Crippen LogP contribution in [0.4, 0.5) is 13.2 Å². The molecule has 2 aliphatic carbocycles. The molecule has 8 bridgehead atoms. The summed E-state index contributed by atoms with van der Waals surface area (Å²) in [7, 11) is -5.84. The molecule has 7 rings (SSSR count). The van der Waals surface area contributed by atoms with E-state index in [1.807, 2.05) is 83.1 Å². The zero-order chi connectivity index (χ0) is 69.7. The van der Waals surface area contributed by atoms with Crippen molar-refractivity contribution in [3.63, 3.8) is 0 Å². The number of fused-ring (bicyclic) bond motifs is 10. The number of alkyl halides is 3. The first-order chi connectivity index (χ1) is 43.7. The van der Waals surface area contributed by atoms with Crippen LogP contribution < -0.4 is 18.9 Å². The summed E-state index contributed by atoms with van der Waals surface area (Å²) in [6, 6.07) is 12.0. The van der Waals surface area contributed by atoms with Crippen LogP contribution in [0.3, 0.4) is 0 Å². The van der Waals surface area contributed by atoms with Crippen LogP contribution >= 0.6 is 0 Å². The molecule has 5 N–H and O–H groups in total. The van der Waals surface area contributed by atoms with Crippen molar-refractivity contribution in [1.82, 2.24) is 0 Å². The molecule has 2 radical (unpaired) electrons. The minimum absolute atomic E-state index is 0. The van der Waals surface area contributed by atoms with Gasteiger partial charge in [0.2, 0.25) is 0 Å². The number of aromatic hydroxyl groups is 4. The van der Waals surface area contributed by atoms with Gasteiger partial charge in [0.15, 0.2) is 0 Å². The Morgan fingerprint density at radius 1 is 0.454 bits per heavy atom. The van der Waals surface area contributed by atoms with Crippen molar-refractivity contribution in [2.45, 2.75) is 225 Å². The van der Waals surface area contributed by atoms with Crippen molar-refractivity contribution >= 4 is 46.4 Å². The smallest absolute Gasteiger partial charge is 0.654 e. The molecule has 0 spiro atoms. The summed E-state index contributed by atoms with van der Waals surface area (Å²) < 4.78 is 92.3. The Morgan fingerprint density at radius 3 is 0.979 bits per heavy atom. The third-order valence-electron chi connectivity index (χ3n) is 16.0. The monoisotopic (exact) mass is 1470 g/mol. The molecule has 2 fully saturated rings. The summed E-state index contributed by atoms with van der Waals surface area (Å²) in [5.41, 5.74) is -3.72. The first kappa shape index (κ1) is 85.1. The topological polar surface area (TPSA) is 312 Å². The number of ether oxygens (including phenoxy) is 6. The molecule has 4 aromatic carbocycles. The number of hydrogen-bond acceptors (Lipinski definition) is 18. The number of benzene rings is 4. The molecule has 27 heteroatoms. The van der Waals surface area contributed by atoms with E-state index in [9.17, 15) is 52.8 Å².